The lowest BCUT2D eigenvalue weighted by molar-refractivity contribution is -0.118. The molecule has 1 heterocycles. The number of anilines is 3. The van der Waals surface area contributed by atoms with Gasteiger partial charge in [0.05, 0.1) is 6.61 Å². The molecule has 0 unspecified atom stereocenters. The lowest BCUT2D eigenvalue weighted by Crippen LogP contribution is -2.20. The van der Waals surface area contributed by atoms with Gasteiger partial charge in [0.1, 0.15) is 12.1 Å². The molecular formula is C21H22N4O3. The number of carbonyl (C=O) groups is 1. The van der Waals surface area contributed by atoms with Crippen LogP contribution in [0.2, 0.25) is 0 Å². The lowest BCUT2D eigenvalue weighted by Gasteiger charge is -2.12. The highest BCUT2D eigenvalue weighted by Crippen LogP contribution is 2.26. The summed E-state index contributed by atoms with van der Waals surface area (Å²) < 4.78 is 11.1. The molecule has 0 radical (unpaired) electrons. The Labute approximate surface area is 163 Å². The number of nitrogens with one attached hydrogen (secondary N) is 2. The van der Waals surface area contributed by atoms with Crippen LogP contribution in [0.25, 0.3) is 0 Å². The van der Waals surface area contributed by atoms with Crippen LogP contribution in [0.5, 0.6) is 11.5 Å². The van der Waals surface area contributed by atoms with Gasteiger partial charge in [0, 0.05) is 23.1 Å². The fraction of sp³-hybridized carbons (Fsp3) is 0.190. The van der Waals surface area contributed by atoms with Gasteiger partial charge in [-0.15, -0.1) is 0 Å². The number of para-hydroxylation sites is 2. The van der Waals surface area contributed by atoms with Gasteiger partial charge in [-0.05, 0) is 50.2 Å². The van der Waals surface area contributed by atoms with E-state index in [0.717, 1.165) is 11.4 Å². The van der Waals surface area contributed by atoms with Crippen molar-refractivity contribution in [1.82, 2.24) is 9.97 Å². The SMILES string of the molecule is CCOc1ccccc1OCC(=O)Nc1ccc(Nc2cc(C)ncn2)cc1. The molecule has 0 aliphatic carbocycles. The number of carbonyl (C=O) groups excluding carboxylic acids is 1. The third-order valence-corrected chi connectivity index (χ3v) is 3.75. The van der Waals surface area contributed by atoms with Gasteiger partial charge < -0.3 is 20.1 Å². The highest BCUT2D eigenvalue weighted by Gasteiger charge is 2.08. The predicted octanol–water partition coefficient (Wildman–Crippen LogP) is 3.94. The minimum atomic E-state index is -0.251. The summed E-state index contributed by atoms with van der Waals surface area (Å²) in [5.74, 6) is 1.62. The molecule has 0 aliphatic heterocycles. The van der Waals surface area contributed by atoms with E-state index in [9.17, 15) is 4.79 Å². The Morgan fingerprint density at radius 1 is 0.964 bits per heavy atom. The van der Waals surface area contributed by atoms with E-state index in [-0.39, 0.29) is 12.5 Å². The molecule has 0 fully saturated rings. The summed E-state index contributed by atoms with van der Waals surface area (Å²) in [5.41, 5.74) is 2.42. The van der Waals surface area contributed by atoms with Crippen LogP contribution in [0, 0.1) is 6.92 Å². The molecule has 0 saturated heterocycles. The summed E-state index contributed by atoms with van der Waals surface area (Å²) in [6, 6.07) is 16.5. The van der Waals surface area contributed by atoms with E-state index in [1.54, 1.807) is 6.07 Å². The molecule has 28 heavy (non-hydrogen) atoms. The van der Waals surface area contributed by atoms with Crippen molar-refractivity contribution in [3.8, 4) is 11.5 Å². The Hall–Kier alpha value is -3.61. The molecular weight excluding hydrogens is 356 g/mol. The summed E-state index contributed by atoms with van der Waals surface area (Å²) in [6.45, 7) is 4.22. The van der Waals surface area contributed by atoms with Crippen molar-refractivity contribution in [2.45, 2.75) is 13.8 Å². The second kappa shape index (κ2) is 9.36. The number of aromatic nitrogens is 2. The number of hydrogen-bond donors (Lipinski definition) is 2. The van der Waals surface area contributed by atoms with Gasteiger partial charge in [0.15, 0.2) is 18.1 Å². The van der Waals surface area contributed by atoms with Crippen LogP contribution in [0.4, 0.5) is 17.2 Å². The first-order chi connectivity index (χ1) is 13.6. The van der Waals surface area contributed by atoms with E-state index in [1.165, 1.54) is 6.33 Å². The number of hydrogen-bond acceptors (Lipinski definition) is 6. The number of benzene rings is 2. The predicted molar refractivity (Wildman–Crippen MR) is 108 cm³/mol. The normalized spacial score (nSPS) is 10.2. The zero-order valence-corrected chi connectivity index (χ0v) is 15.8. The highest BCUT2D eigenvalue weighted by molar-refractivity contribution is 5.92. The van der Waals surface area contributed by atoms with E-state index in [4.69, 9.17) is 9.47 Å². The van der Waals surface area contributed by atoms with Crippen molar-refractivity contribution in [1.29, 1.82) is 0 Å². The average molecular weight is 378 g/mol. The van der Waals surface area contributed by atoms with Gasteiger partial charge >= 0.3 is 0 Å². The number of rotatable bonds is 8. The minimum Gasteiger partial charge on any atom is -0.490 e. The quantitative estimate of drug-likeness (QED) is 0.617. The third kappa shape index (κ3) is 5.44. The molecule has 3 rings (SSSR count). The number of ether oxygens (including phenoxy) is 2. The lowest BCUT2D eigenvalue weighted by atomic mass is 10.2. The van der Waals surface area contributed by atoms with Crippen molar-refractivity contribution in [3.63, 3.8) is 0 Å². The van der Waals surface area contributed by atoms with Crippen molar-refractivity contribution in [2.24, 2.45) is 0 Å². The summed E-state index contributed by atoms with van der Waals surface area (Å²) in [7, 11) is 0. The second-order valence-corrected chi connectivity index (χ2v) is 5.96. The highest BCUT2D eigenvalue weighted by atomic mass is 16.5. The van der Waals surface area contributed by atoms with E-state index in [0.29, 0.717) is 29.6 Å². The zero-order valence-electron chi connectivity index (χ0n) is 15.8. The van der Waals surface area contributed by atoms with E-state index in [1.807, 2.05) is 62.4 Å². The fourth-order valence-corrected chi connectivity index (χ4v) is 2.49. The summed E-state index contributed by atoms with van der Waals surface area (Å²) in [5, 5.41) is 5.99. The molecule has 2 N–H and O–H groups in total. The first-order valence-electron chi connectivity index (χ1n) is 8.94. The Bertz CT molecular complexity index is 929. The molecule has 0 aliphatic rings. The van der Waals surface area contributed by atoms with Crippen LogP contribution >= 0.6 is 0 Å². The van der Waals surface area contributed by atoms with Gasteiger partial charge in [-0.25, -0.2) is 9.97 Å². The third-order valence-electron chi connectivity index (χ3n) is 3.75. The molecule has 1 amide bonds. The Balaban J connectivity index is 1.53. The molecule has 2 aromatic carbocycles. The number of nitrogens with zero attached hydrogens (tertiary/aromatic N) is 2. The van der Waals surface area contributed by atoms with Crippen LogP contribution in [-0.4, -0.2) is 29.1 Å². The topological polar surface area (TPSA) is 85.4 Å². The maximum atomic E-state index is 12.2. The van der Waals surface area contributed by atoms with E-state index < -0.39 is 0 Å². The Morgan fingerprint density at radius 3 is 2.32 bits per heavy atom. The molecule has 144 valence electrons. The molecule has 1 aromatic heterocycles. The largest absolute Gasteiger partial charge is 0.490 e. The molecule has 3 aromatic rings. The average Bonchev–Trinajstić information content (AvgIpc) is 2.69. The van der Waals surface area contributed by atoms with Crippen LogP contribution in [-0.2, 0) is 4.79 Å². The molecule has 0 saturated carbocycles. The summed E-state index contributed by atoms with van der Waals surface area (Å²) in [6.07, 6.45) is 1.51. The zero-order chi connectivity index (χ0) is 19.8. The molecule has 7 heteroatoms. The van der Waals surface area contributed by atoms with Gasteiger partial charge in [-0.1, -0.05) is 12.1 Å². The van der Waals surface area contributed by atoms with Crippen LogP contribution in [0.1, 0.15) is 12.6 Å². The first kappa shape index (κ1) is 19.2. The van der Waals surface area contributed by atoms with Crippen molar-refractivity contribution >= 4 is 23.1 Å². The maximum absolute atomic E-state index is 12.2. The smallest absolute Gasteiger partial charge is 0.262 e. The number of aryl methyl sites for hydroxylation is 1. The summed E-state index contributed by atoms with van der Waals surface area (Å²) in [4.78, 5) is 20.4. The summed E-state index contributed by atoms with van der Waals surface area (Å²) >= 11 is 0. The molecule has 0 atom stereocenters. The minimum absolute atomic E-state index is 0.107. The van der Waals surface area contributed by atoms with Crippen LogP contribution in [0.15, 0.2) is 60.9 Å². The van der Waals surface area contributed by atoms with Crippen molar-refractivity contribution in [2.75, 3.05) is 23.8 Å². The monoisotopic (exact) mass is 378 g/mol. The maximum Gasteiger partial charge on any atom is 0.262 e. The van der Waals surface area contributed by atoms with Crippen LogP contribution < -0.4 is 20.1 Å². The first-order valence-corrected chi connectivity index (χ1v) is 8.94. The molecule has 7 nitrogen and oxygen atoms in total. The van der Waals surface area contributed by atoms with E-state index >= 15 is 0 Å². The van der Waals surface area contributed by atoms with Gasteiger partial charge in [0.2, 0.25) is 0 Å². The fourth-order valence-electron chi connectivity index (χ4n) is 2.49. The van der Waals surface area contributed by atoms with Gasteiger partial charge in [0.25, 0.3) is 5.91 Å². The van der Waals surface area contributed by atoms with Crippen molar-refractivity contribution < 1.29 is 14.3 Å². The number of amides is 1. The second-order valence-electron chi connectivity index (χ2n) is 5.96. The Morgan fingerprint density at radius 2 is 1.64 bits per heavy atom. The van der Waals surface area contributed by atoms with Crippen LogP contribution in [0.3, 0.4) is 0 Å². The Kier molecular flexibility index (Phi) is 6.41. The van der Waals surface area contributed by atoms with Crippen molar-refractivity contribution in [3.05, 3.63) is 66.6 Å². The van der Waals surface area contributed by atoms with Gasteiger partial charge in [-0.3, -0.25) is 4.79 Å². The van der Waals surface area contributed by atoms with Gasteiger partial charge in [-0.2, -0.15) is 0 Å². The molecule has 0 bridgehead atoms. The van der Waals surface area contributed by atoms with E-state index in [2.05, 4.69) is 20.6 Å². The standard InChI is InChI=1S/C21H22N4O3/c1-3-27-18-6-4-5-7-19(18)28-13-21(26)25-17-10-8-16(9-11-17)24-20-12-15(2)22-14-23-20/h4-12,14H,3,13H2,1-2H3,(H,25,26)(H,22,23,24). The molecule has 0 spiro atoms.